The van der Waals surface area contributed by atoms with Crippen molar-refractivity contribution in [3.63, 3.8) is 0 Å². The van der Waals surface area contributed by atoms with E-state index in [1.165, 1.54) is 7.11 Å². The minimum Gasteiger partial charge on any atom is -0.465 e. The molecule has 0 spiro atoms. The summed E-state index contributed by atoms with van der Waals surface area (Å²) in [5.74, 6) is -0.444. The van der Waals surface area contributed by atoms with Crippen LogP contribution in [-0.4, -0.2) is 25.3 Å². The summed E-state index contributed by atoms with van der Waals surface area (Å²) in [5, 5.41) is 0.424. The summed E-state index contributed by atoms with van der Waals surface area (Å²) in [6.07, 6.45) is -0.472. The van der Waals surface area contributed by atoms with Crippen molar-refractivity contribution in [2.24, 2.45) is 0 Å². The normalized spacial score (nSPS) is 11.9. The van der Waals surface area contributed by atoms with Gasteiger partial charge in [0.2, 0.25) is 0 Å². The standard InChI is InChI=1S/C14H21O5P/c1-10(2)18-20(16,19-11(3)4)13-8-6-12(7-9-13)14(15)17-5/h6-11H,1-5H3. The molecule has 6 heteroatoms. The molecule has 0 aromatic heterocycles. The first-order valence-electron chi connectivity index (χ1n) is 6.44. The average Bonchev–Trinajstić information content (AvgIpc) is 2.36. The van der Waals surface area contributed by atoms with E-state index >= 15 is 0 Å². The van der Waals surface area contributed by atoms with Gasteiger partial charge in [-0.15, -0.1) is 0 Å². The van der Waals surface area contributed by atoms with Gasteiger partial charge in [-0.2, -0.15) is 0 Å². The Kier molecular flexibility index (Phi) is 5.93. The molecule has 0 amide bonds. The zero-order valence-corrected chi connectivity index (χ0v) is 13.3. The SMILES string of the molecule is COC(=O)c1ccc(P(=O)(OC(C)C)OC(C)C)cc1. The first kappa shape index (κ1) is 16.9. The highest BCUT2D eigenvalue weighted by Gasteiger charge is 2.30. The van der Waals surface area contributed by atoms with Crippen molar-refractivity contribution < 1.29 is 23.1 Å². The summed E-state index contributed by atoms with van der Waals surface area (Å²) in [4.78, 5) is 11.4. The van der Waals surface area contributed by atoms with E-state index < -0.39 is 13.6 Å². The maximum atomic E-state index is 12.8. The minimum absolute atomic E-state index is 0.236. The van der Waals surface area contributed by atoms with Crippen LogP contribution in [0.5, 0.6) is 0 Å². The molecule has 0 saturated carbocycles. The summed E-state index contributed by atoms with van der Waals surface area (Å²) >= 11 is 0. The Bertz CT molecular complexity index is 479. The second kappa shape index (κ2) is 7.02. The molecular weight excluding hydrogens is 279 g/mol. The number of hydrogen-bond donors (Lipinski definition) is 0. The second-order valence-corrected chi connectivity index (χ2v) is 6.78. The maximum Gasteiger partial charge on any atom is 0.361 e. The van der Waals surface area contributed by atoms with Crippen LogP contribution in [-0.2, 0) is 18.3 Å². The second-order valence-electron chi connectivity index (χ2n) is 4.84. The molecule has 0 N–H and O–H groups in total. The Morgan fingerprint density at radius 2 is 1.45 bits per heavy atom. The molecule has 0 unspecified atom stereocenters. The van der Waals surface area contributed by atoms with Gasteiger partial charge < -0.3 is 13.8 Å². The van der Waals surface area contributed by atoms with Gasteiger partial charge in [0.05, 0.1) is 30.2 Å². The molecule has 0 aliphatic carbocycles. The van der Waals surface area contributed by atoms with Gasteiger partial charge in [0, 0.05) is 0 Å². The molecule has 0 aliphatic heterocycles. The van der Waals surface area contributed by atoms with Crippen LogP contribution in [0.25, 0.3) is 0 Å². The number of methoxy groups -OCH3 is 1. The number of ether oxygens (including phenoxy) is 1. The van der Waals surface area contributed by atoms with Crippen LogP contribution < -0.4 is 5.30 Å². The van der Waals surface area contributed by atoms with Crippen molar-refractivity contribution >= 4 is 18.9 Å². The van der Waals surface area contributed by atoms with E-state index in [2.05, 4.69) is 4.74 Å². The molecule has 5 nitrogen and oxygen atoms in total. The fraction of sp³-hybridized carbons (Fsp3) is 0.500. The van der Waals surface area contributed by atoms with Gasteiger partial charge in [-0.25, -0.2) is 4.79 Å². The number of esters is 1. The van der Waals surface area contributed by atoms with Crippen LogP contribution in [0.2, 0.25) is 0 Å². The monoisotopic (exact) mass is 300 g/mol. The zero-order chi connectivity index (χ0) is 15.3. The van der Waals surface area contributed by atoms with E-state index in [-0.39, 0.29) is 12.2 Å². The van der Waals surface area contributed by atoms with Gasteiger partial charge in [-0.1, -0.05) is 0 Å². The predicted molar refractivity (Wildman–Crippen MR) is 77.5 cm³/mol. The molecule has 0 fully saturated rings. The van der Waals surface area contributed by atoms with Crippen molar-refractivity contribution in [3.8, 4) is 0 Å². The number of carbonyl (C=O) groups excluding carboxylic acids is 1. The quantitative estimate of drug-likeness (QED) is 0.596. The summed E-state index contributed by atoms with van der Waals surface area (Å²) in [6, 6.07) is 6.22. The fourth-order valence-corrected chi connectivity index (χ4v) is 3.52. The summed E-state index contributed by atoms with van der Waals surface area (Å²) in [7, 11) is -2.08. The van der Waals surface area contributed by atoms with E-state index in [4.69, 9.17) is 9.05 Å². The highest BCUT2D eigenvalue weighted by Crippen LogP contribution is 2.49. The van der Waals surface area contributed by atoms with Crippen LogP contribution >= 0.6 is 7.60 Å². The molecule has 0 atom stereocenters. The number of benzene rings is 1. The lowest BCUT2D eigenvalue weighted by molar-refractivity contribution is 0.0600. The Balaban J connectivity index is 3.08. The topological polar surface area (TPSA) is 61.8 Å². The van der Waals surface area contributed by atoms with Crippen molar-refractivity contribution in [2.75, 3.05) is 7.11 Å². The highest BCUT2D eigenvalue weighted by molar-refractivity contribution is 7.62. The van der Waals surface area contributed by atoms with Crippen molar-refractivity contribution in [2.45, 2.75) is 39.9 Å². The number of hydrogen-bond acceptors (Lipinski definition) is 5. The third-order valence-corrected chi connectivity index (χ3v) is 4.63. The minimum atomic E-state index is -3.39. The molecule has 1 aromatic carbocycles. The molecule has 0 bridgehead atoms. The van der Waals surface area contributed by atoms with Gasteiger partial charge in [-0.05, 0) is 52.0 Å². The van der Waals surface area contributed by atoms with E-state index in [1.807, 2.05) is 0 Å². The van der Waals surface area contributed by atoms with Crippen LogP contribution in [0.3, 0.4) is 0 Å². The Hall–Kier alpha value is -1.16. The van der Waals surface area contributed by atoms with Crippen molar-refractivity contribution in [1.29, 1.82) is 0 Å². The van der Waals surface area contributed by atoms with Gasteiger partial charge >= 0.3 is 13.6 Å². The van der Waals surface area contributed by atoms with Crippen molar-refractivity contribution in [3.05, 3.63) is 29.8 Å². The van der Waals surface area contributed by atoms with Crippen LogP contribution in [0.4, 0.5) is 0 Å². The molecule has 0 radical (unpaired) electrons. The zero-order valence-electron chi connectivity index (χ0n) is 12.5. The van der Waals surface area contributed by atoms with Crippen LogP contribution in [0, 0.1) is 0 Å². The van der Waals surface area contributed by atoms with Gasteiger partial charge in [0.15, 0.2) is 0 Å². The predicted octanol–water partition coefficient (Wildman–Crippen LogP) is 3.14. The molecule has 1 rings (SSSR count). The Labute approximate surface area is 119 Å². The fourth-order valence-electron chi connectivity index (χ4n) is 1.60. The summed E-state index contributed by atoms with van der Waals surface area (Å²) < 4.78 is 28.4. The third-order valence-electron chi connectivity index (χ3n) is 2.30. The third kappa shape index (κ3) is 4.44. The average molecular weight is 300 g/mol. The highest BCUT2D eigenvalue weighted by atomic mass is 31.2. The largest absolute Gasteiger partial charge is 0.465 e. The lowest BCUT2D eigenvalue weighted by Gasteiger charge is -2.23. The van der Waals surface area contributed by atoms with Gasteiger partial charge in [0.1, 0.15) is 0 Å². The first-order valence-corrected chi connectivity index (χ1v) is 7.98. The molecule has 0 heterocycles. The smallest absolute Gasteiger partial charge is 0.361 e. The first-order chi connectivity index (χ1) is 9.28. The van der Waals surface area contributed by atoms with Crippen LogP contribution in [0.1, 0.15) is 38.1 Å². The molecular formula is C14H21O5P. The Morgan fingerprint density at radius 3 is 1.80 bits per heavy atom. The van der Waals surface area contributed by atoms with E-state index in [0.717, 1.165) is 0 Å². The number of rotatable bonds is 6. The molecule has 20 heavy (non-hydrogen) atoms. The summed E-state index contributed by atoms with van der Waals surface area (Å²) in [5.41, 5.74) is 0.386. The number of carbonyl (C=O) groups is 1. The molecule has 0 aliphatic rings. The van der Waals surface area contributed by atoms with E-state index in [0.29, 0.717) is 10.9 Å². The molecule has 112 valence electrons. The Morgan fingerprint density at radius 1 is 1.00 bits per heavy atom. The maximum absolute atomic E-state index is 12.8. The lowest BCUT2D eigenvalue weighted by atomic mass is 10.2. The lowest BCUT2D eigenvalue weighted by Crippen LogP contribution is -2.17. The van der Waals surface area contributed by atoms with Gasteiger partial charge in [-0.3, -0.25) is 4.57 Å². The van der Waals surface area contributed by atoms with E-state index in [9.17, 15) is 9.36 Å². The summed E-state index contributed by atoms with van der Waals surface area (Å²) in [6.45, 7) is 7.16. The van der Waals surface area contributed by atoms with Gasteiger partial charge in [0.25, 0.3) is 0 Å². The molecule has 0 saturated heterocycles. The van der Waals surface area contributed by atoms with E-state index in [1.54, 1.807) is 52.0 Å². The molecule has 1 aromatic rings. The van der Waals surface area contributed by atoms with Crippen molar-refractivity contribution in [1.82, 2.24) is 0 Å². The van der Waals surface area contributed by atoms with Crippen LogP contribution in [0.15, 0.2) is 24.3 Å².